The van der Waals surface area contributed by atoms with E-state index in [0.29, 0.717) is 6.42 Å². The number of carbonyl (C=O) groups is 1. The largest absolute Gasteiger partial charge is 0.307 e. The molecule has 0 aliphatic heterocycles. The van der Waals surface area contributed by atoms with Crippen molar-refractivity contribution >= 4 is 5.91 Å². The molecule has 3 heteroatoms. The van der Waals surface area contributed by atoms with Crippen molar-refractivity contribution in [1.29, 1.82) is 0 Å². The number of unbranched alkanes of at least 4 members (excludes halogenated alkanes) is 8. The third-order valence-electron chi connectivity index (χ3n) is 5.26. The molecule has 0 spiro atoms. The number of nitrogens with one attached hydrogen (secondary N) is 1. The van der Waals surface area contributed by atoms with Crippen LogP contribution in [0.15, 0.2) is 0 Å². The third kappa shape index (κ3) is 9.45. The second-order valence-corrected chi connectivity index (χ2v) is 6.93. The monoisotopic (exact) mass is 313 g/mol. The number of carbonyl (C=O) groups excluding carboxylic acids is 1. The summed E-state index contributed by atoms with van der Waals surface area (Å²) in [5, 5.41) is 3.18. The van der Waals surface area contributed by atoms with Gasteiger partial charge in [0.25, 0.3) is 0 Å². The predicted molar refractivity (Wildman–Crippen MR) is 96.7 cm³/mol. The first kappa shape index (κ1) is 21.4. The van der Waals surface area contributed by atoms with E-state index < -0.39 is 0 Å². The number of amides is 1. The average molecular weight is 314 g/mol. The van der Waals surface area contributed by atoms with Crippen LogP contribution in [0.3, 0.4) is 0 Å². The summed E-state index contributed by atoms with van der Waals surface area (Å²) < 4.78 is 0.906. The Morgan fingerprint density at radius 1 is 0.864 bits per heavy atom. The van der Waals surface area contributed by atoms with Gasteiger partial charge in [-0.1, -0.05) is 58.3 Å². The lowest BCUT2D eigenvalue weighted by Crippen LogP contribution is -2.58. The van der Waals surface area contributed by atoms with Gasteiger partial charge in [0, 0.05) is 13.3 Å². The summed E-state index contributed by atoms with van der Waals surface area (Å²) in [6.45, 7) is 10.9. The van der Waals surface area contributed by atoms with E-state index in [4.69, 9.17) is 0 Å². The normalized spacial score (nSPS) is 13.1. The van der Waals surface area contributed by atoms with Gasteiger partial charge < -0.3 is 9.80 Å². The van der Waals surface area contributed by atoms with Crippen LogP contribution in [0.1, 0.15) is 91.9 Å². The molecule has 0 aliphatic carbocycles. The van der Waals surface area contributed by atoms with Gasteiger partial charge in [-0.05, 0) is 20.3 Å². The lowest BCUT2D eigenvalue weighted by molar-refractivity contribution is -0.930. The molecule has 0 saturated heterocycles. The maximum Gasteiger partial charge on any atom is 0.224 e. The molecule has 0 rings (SSSR count). The maximum absolute atomic E-state index is 12.0. The number of hydrogen-bond donors (Lipinski definition) is 1. The molecule has 1 N–H and O–H groups in total. The van der Waals surface area contributed by atoms with Crippen LogP contribution in [-0.2, 0) is 4.79 Å². The zero-order valence-corrected chi connectivity index (χ0v) is 15.9. The Hall–Kier alpha value is -0.570. The van der Waals surface area contributed by atoms with Crippen molar-refractivity contribution in [2.24, 2.45) is 0 Å². The molecule has 0 aromatic heterocycles. The Kier molecular flexibility index (Phi) is 12.6. The molecule has 1 atom stereocenters. The van der Waals surface area contributed by atoms with Gasteiger partial charge in [0.15, 0.2) is 6.17 Å². The highest BCUT2D eigenvalue weighted by Gasteiger charge is 2.26. The molecule has 0 aliphatic rings. The summed E-state index contributed by atoms with van der Waals surface area (Å²) in [7, 11) is 2.21. The standard InChI is InChI=1S/C19H40N2O/c1-6-9-10-11-12-13-14-15-16-17-19(22)20-18(4)21(5,7-2)8-3/h18H,6-17H2,1-5H3/p+1. The number of hydrogen-bond acceptors (Lipinski definition) is 1. The molecule has 0 fully saturated rings. The lowest BCUT2D eigenvalue weighted by atomic mass is 10.1. The van der Waals surface area contributed by atoms with Crippen LogP contribution in [0.2, 0.25) is 0 Å². The van der Waals surface area contributed by atoms with E-state index >= 15 is 0 Å². The fourth-order valence-electron chi connectivity index (χ4n) is 2.83. The van der Waals surface area contributed by atoms with Crippen molar-refractivity contribution in [1.82, 2.24) is 5.32 Å². The molecule has 0 radical (unpaired) electrons. The zero-order valence-electron chi connectivity index (χ0n) is 15.9. The van der Waals surface area contributed by atoms with Gasteiger partial charge in [0.1, 0.15) is 0 Å². The van der Waals surface area contributed by atoms with Crippen LogP contribution in [0.25, 0.3) is 0 Å². The first-order chi connectivity index (χ1) is 10.5. The smallest absolute Gasteiger partial charge is 0.224 e. The predicted octanol–water partition coefficient (Wildman–Crippen LogP) is 4.86. The van der Waals surface area contributed by atoms with Gasteiger partial charge in [-0.3, -0.25) is 4.79 Å². The number of quaternary nitrogens is 1. The van der Waals surface area contributed by atoms with Crippen molar-refractivity contribution in [3.63, 3.8) is 0 Å². The SMILES string of the molecule is CCCCCCCCCCCC(=O)NC(C)[N+](C)(CC)CC. The van der Waals surface area contributed by atoms with Crippen LogP contribution < -0.4 is 5.32 Å². The van der Waals surface area contributed by atoms with Gasteiger partial charge >= 0.3 is 0 Å². The zero-order chi connectivity index (χ0) is 16.8. The topological polar surface area (TPSA) is 29.1 Å². The quantitative estimate of drug-likeness (QED) is 0.277. The molecule has 1 amide bonds. The minimum absolute atomic E-state index is 0.209. The van der Waals surface area contributed by atoms with Crippen molar-refractivity contribution in [2.75, 3.05) is 20.1 Å². The molecule has 0 aromatic rings. The van der Waals surface area contributed by atoms with Crippen molar-refractivity contribution < 1.29 is 9.28 Å². The van der Waals surface area contributed by atoms with Gasteiger partial charge in [-0.2, -0.15) is 0 Å². The van der Waals surface area contributed by atoms with E-state index in [1.54, 1.807) is 0 Å². The molecule has 0 saturated carbocycles. The molecular weight excluding hydrogens is 272 g/mol. The lowest BCUT2D eigenvalue weighted by Gasteiger charge is -2.38. The molecule has 0 heterocycles. The highest BCUT2D eigenvalue weighted by molar-refractivity contribution is 5.75. The van der Waals surface area contributed by atoms with E-state index in [1.807, 2.05) is 0 Å². The van der Waals surface area contributed by atoms with Crippen molar-refractivity contribution in [3.05, 3.63) is 0 Å². The number of nitrogens with zero attached hydrogens (tertiary/aromatic N) is 1. The summed E-state index contributed by atoms with van der Waals surface area (Å²) in [4.78, 5) is 12.0. The Bertz CT molecular complexity index is 275. The molecule has 132 valence electrons. The first-order valence-corrected chi connectivity index (χ1v) is 9.63. The molecular formula is C19H41N2O+. The first-order valence-electron chi connectivity index (χ1n) is 9.63. The van der Waals surface area contributed by atoms with Crippen LogP contribution in [0, 0.1) is 0 Å². The second kappa shape index (κ2) is 12.9. The molecule has 0 bridgehead atoms. The molecule has 3 nitrogen and oxygen atoms in total. The van der Waals surface area contributed by atoms with E-state index in [0.717, 1.165) is 24.0 Å². The van der Waals surface area contributed by atoms with Gasteiger partial charge in [-0.25, -0.2) is 0 Å². The maximum atomic E-state index is 12.0. The van der Waals surface area contributed by atoms with Crippen LogP contribution in [-0.4, -0.2) is 36.7 Å². The highest BCUT2D eigenvalue weighted by atomic mass is 16.1. The van der Waals surface area contributed by atoms with Crippen LogP contribution in [0.5, 0.6) is 0 Å². The summed E-state index contributed by atoms with van der Waals surface area (Å²) >= 11 is 0. The summed E-state index contributed by atoms with van der Waals surface area (Å²) in [5.41, 5.74) is 0. The third-order valence-corrected chi connectivity index (χ3v) is 5.26. The average Bonchev–Trinajstić information content (AvgIpc) is 2.52. The summed E-state index contributed by atoms with van der Waals surface area (Å²) in [6, 6.07) is 0. The Balaban J connectivity index is 3.62. The fourth-order valence-corrected chi connectivity index (χ4v) is 2.83. The van der Waals surface area contributed by atoms with Crippen LogP contribution in [0.4, 0.5) is 0 Å². The summed E-state index contributed by atoms with van der Waals surface area (Å²) in [6.07, 6.45) is 12.6. The van der Waals surface area contributed by atoms with E-state index in [2.05, 4.69) is 40.1 Å². The van der Waals surface area contributed by atoms with Gasteiger partial charge in [-0.15, -0.1) is 0 Å². The molecule has 22 heavy (non-hydrogen) atoms. The fraction of sp³-hybridized carbons (Fsp3) is 0.947. The van der Waals surface area contributed by atoms with Crippen molar-refractivity contribution in [2.45, 2.75) is 98.1 Å². The van der Waals surface area contributed by atoms with E-state index in [1.165, 1.54) is 51.4 Å². The van der Waals surface area contributed by atoms with Gasteiger partial charge in [0.05, 0.1) is 20.1 Å². The summed E-state index contributed by atoms with van der Waals surface area (Å²) in [5.74, 6) is 0.224. The second-order valence-electron chi connectivity index (χ2n) is 6.93. The highest BCUT2D eigenvalue weighted by Crippen LogP contribution is 2.11. The minimum Gasteiger partial charge on any atom is -0.307 e. The Morgan fingerprint density at radius 2 is 1.32 bits per heavy atom. The minimum atomic E-state index is 0.209. The van der Waals surface area contributed by atoms with Crippen molar-refractivity contribution in [3.8, 4) is 0 Å². The van der Waals surface area contributed by atoms with Crippen LogP contribution >= 0.6 is 0 Å². The van der Waals surface area contributed by atoms with E-state index in [-0.39, 0.29) is 12.1 Å². The molecule has 1 unspecified atom stereocenters. The molecule has 0 aromatic carbocycles. The number of rotatable bonds is 14. The Morgan fingerprint density at radius 3 is 1.77 bits per heavy atom. The Labute approximate surface area is 139 Å². The van der Waals surface area contributed by atoms with Gasteiger partial charge in [0.2, 0.25) is 5.91 Å². The van der Waals surface area contributed by atoms with E-state index in [9.17, 15) is 4.79 Å².